The number of nitrogens with one attached hydrogen (secondary N) is 1. The van der Waals surface area contributed by atoms with E-state index >= 15 is 0 Å². The van der Waals surface area contributed by atoms with Crippen LogP contribution >= 0.6 is 11.6 Å². The molecule has 0 spiro atoms. The van der Waals surface area contributed by atoms with E-state index in [-0.39, 0.29) is 6.04 Å². The van der Waals surface area contributed by atoms with Crippen LogP contribution in [-0.4, -0.2) is 13.7 Å². The molecular formula is C18H19ClN2O. The van der Waals surface area contributed by atoms with Gasteiger partial charge in [0.15, 0.2) is 0 Å². The quantitative estimate of drug-likeness (QED) is 0.840. The summed E-state index contributed by atoms with van der Waals surface area (Å²) in [6.45, 7) is 0.889. The number of halogens is 1. The molecule has 2 aromatic rings. The van der Waals surface area contributed by atoms with Crippen LogP contribution in [0, 0.1) is 0 Å². The maximum Gasteiger partial charge on any atom is 0.123 e. The van der Waals surface area contributed by atoms with Crippen molar-refractivity contribution in [3.8, 4) is 5.75 Å². The molecule has 4 heteroatoms. The van der Waals surface area contributed by atoms with Crippen molar-refractivity contribution in [3.63, 3.8) is 0 Å². The highest BCUT2D eigenvalue weighted by atomic mass is 35.5. The van der Waals surface area contributed by atoms with Gasteiger partial charge in [-0.15, -0.1) is 0 Å². The maximum absolute atomic E-state index is 6.12. The molecule has 3 rings (SSSR count). The SMILES string of the molecule is COc1ccccc1C1C=C(c2cc(Cl)ccc2N)CCN1. The smallest absolute Gasteiger partial charge is 0.123 e. The van der Waals surface area contributed by atoms with Gasteiger partial charge < -0.3 is 15.8 Å². The zero-order valence-electron chi connectivity index (χ0n) is 12.5. The number of nitrogens with two attached hydrogens (primary N) is 1. The summed E-state index contributed by atoms with van der Waals surface area (Å²) in [5.74, 6) is 0.886. The molecule has 114 valence electrons. The van der Waals surface area contributed by atoms with E-state index in [0.29, 0.717) is 5.02 Å². The Balaban J connectivity index is 2.00. The highest BCUT2D eigenvalue weighted by molar-refractivity contribution is 6.30. The lowest BCUT2D eigenvalue weighted by Gasteiger charge is -2.25. The number of nitrogen functional groups attached to an aromatic ring is 1. The van der Waals surface area contributed by atoms with Crippen LogP contribution in [0.2, 0.25) is 5.02 Å². The summed E-state index contributed by atoms with van der Waals surface area (Å²) < 4.78 is 5.47. The van der Waals surface area contributed by atoms with E-state index in [0.717, 1.165) is 35.5 Å². The van der Waals surface area contributed by atoms with Crippen LogP contribution in [0.1, 0.15) is 23.6 Å². The highest BCUT2D eigenvalue weighted by Crippen LogP contribution is 2.34. The number of para-hydroxylation sites is 1. The minimum absolute atomic E-state index is 0.110. The Morgan fingerprint density at radius 3 is 2.86 bits per heavy atom. The molecule has 0 bridgehead atoms. The number of rotatable bonds is 3. The predicted octanol–water partition coefficient (Wildman–Crippen LogP) is 4.05. The number of methoxy groups -OCH3 is 1. The first kappa shape index (κ1) is 14.9. The van der Waals surface area contributed by atoms with E-state index in [1.807, 2.05) is 36.4 Å². The third-order valence-electron chi connectivity index (χ3n) is 3.96. The van der Waals surface area contributed by atoms with Gasteiger partial charge >= 0.3 is 0 Å². The fourth-order valence-corrected chi connectivity index (χ4v) is 3.03. The molecule has 1 aliphatic rings. The van der Waals surface area contributed by atoms with Crippen molar-refractivity contribution in [2.24, 2.45) is 0 Å². The third kappa shape index (κ3) is 2.96. The third-order valence-corrected chi connectivity index (χ3v) is 4.20. The monoisotopic (exact) mass is 314 g/mol. The number of ether oxygens (including phenoxy) is 1. The number of anilines is 1. The Bertz CT molecular complexity index is 712. The Hall–Kier alpha value is -1.97. The van der Waals surface area contributed by atoms with Crippen LogP contribution in [-0.2, 0) is 0 Å². The molecule has 3 N–H and O–H groups in total. The van der Waals surface area contributed by atoms with Crippen molar-refractivity contribution in [2.45, 2.75) is 12.5 Å². The second-order valence-corrected chi connectivity index (χ2v) is 5.78. The number of benzene rings is 2. The highest BCUT2D eigenvalue weighted by Gasteiger charge is 2.19. The van der Waals surface area contributed by atoms with E-state index in [1.54, 1.807) is 7.11 Å². The summed E-state index contributed by atoms with van der Waals surface area (Å²) in [5, 5.41) is 4.22. The van der Waals surface area contributed by atoms with Gasteiger partial charge in [0.05, 0.1) is 13.2 Å². The van der Waals surface area contributed by atoms with Crippen molar-refractivity contribution in [2.75, 3.05) is 19.4 Å². The molecule has 0 amide bonds. The molecule has 1 atom stereocenters. The van der Waals surface area contributed by atoms with E-state index < -0.39 is 0 Å². The minimum Gasteiger partial charge on any atom is -0.496 e. The Morgan fingerprint density at radius 2 is 2.05 bits per heavy atom. The van der Waals surface area contributed by atoms with Crippen molar-refractivity contribution in [1.82, 2.24) is 5.32 Å². The fraction of sp³-hybridized carbons (Fsp3) is 0.222. The van der Waals surface area contributed by atoms with Gasteiger partial charge in [-0.05, 0) is 36.3 Å². The Labute approximate surface area is 135 Å². The fourth-order valence-electron chi connectivity index (χ4n) is 2.86. The van der Waals surface area contributed by atoms with Crippen molar-refractivity contribution >= 4 is 22.9 Å². The summed E-state index contributed by atoms with van der Waals surface area (Å²) in [7, 11) is 1.70. The largest absolute Gasteiger partial charge is 0.496 e. The summed E-state index contributed by atoms with van der Waals surface area (Å²) in [4.78, 5) is 0. The van der Waals surface area contributed by atoms with Crippen LogP contribution in [0.5, 0.6) is 5.75 Å². The van der Waals surface area contributed by atoms with E-state index in [2.05, 4.69) is 17.5 Å². The molecule has 2 aromatic carbocycles. The van der Waals surface area contributed by atoms with E-state index in [4.69, 9.17) is 22.1 Å². The van der Waals surface area contributed by atoms with Gasteiger partial charge in [-0.2, -0.15) is 0 Å². The first-order valence-electron chi connectivity index (χ1n) is 7.31. The molecular weight excluding hydrogens is 296 g/mol. The average molecular weight is 315 g/mol. The van der Waals surface area contributed by atoms with Crippen molar-refractivity contribution in [3.05, 3.63) is 64.7 Å². The first-order chi connectivity index (χ1) is 10.7. The molecule has 0 saturated heterocycles. The summed E-state index contributed by atoms with van der Waals surface area (Å²) in [6, 6.07) is 13.8. The summed E-state index contributed by atoms with van der Waals surface area (Å²) >= 11 is 6.12. The lowest BCUT2D eigenvalue weighted by Crippen LogP contribution is -2.25. The van der Waals surface area contributed by atoms with Crippen LogP contribution in [0.25, 0.3) is 5.57 Å². The second kappa shape index (κ2) is 6.42. The minimum atomic E-state index is 0.110. The van der Waals surface area contributed by atoms with Gasteiger partial charge in [-0.1, -0.05) is 35.9 Å². The summed E-state index contributed by atoms with van der Waals surface area (Å²) in [5.41, 5.74) is 10.2. The van der Waals surface area contributed by atoms with Crippen LogP contribution < -0.4 is 15.8 Å². The first-order valence-corrected chi connectivity index (χ1v) is 7.69. The second-order valence-electron chi connectivity index (χ2n) is 5.35. The number of hydrogen-bond donors (Lipinski definition) is 2. The van der Waals surface area contributed by atoms with E-state index in [9.17, 15) is 0 Å². The van der Waals surface area contributed by atoms with Crippen LogP contribution in [0.3, 0.4) is 0 Å². The van der Waals surface area contributed by atoms with Gasteiger partial charge in [0.25, 0.3) is 0 Å². The Kier molecular flexibility index (Phi) is 4.36. The molecule has 1 aliphatic heterocycles. The molecule has 1 unspecified atom stereocenters. The lowest BCUT2D eigenvalue weighted by molar-refractivity contribution is 0.404. The zero-order valence-corrected chi connectivity index (χ0v) is 13.2. The zero-order chi connectivity index (χ0) is 15.5. The molecule has 0 fully saturated rings. The molecule has 0 aromatic heterocycles. The van der Waals surface area contributed by atoms with Crippen LogP contribution in [0.15, 0.2) is 48.5 Å². The Morgan fingerprint density at radius 1 is 1.23 bits per heavy atom. The standard InChI is InChI=1S/C18H19ClN2O/c1-22-18-5-3-2-4-14(18)17-10-12(8-9-21-17)15-11-13(19)6-7-16(15)20/h2-7,10-11,17,21H,8-9,20H2,1H3. The summed E-state index contributed by atoms with van der Waals surface area (Å²) in [6.07, 6.45) is 3.14. The molecule has 0 aliphatic carbocycles. The number of hydrogen-bond acceptors (Lipinski definition) is 3. The van der Waals surface area contributed by atoms with Crippen molar-refractivity contribution < 1.29 is 4.74 Å². The normalized spacial score (nSPS) is 17.9. The predicted molar refractivity (Wildman–Crippen MR) is 92.2 cm³/mol. The lowest BCUT2D eigenvalue weighted by atomic mass is 9.92. The van der Waals surface area contributed by atoms with Gasteiger partial charge in [0, 0.05) is 28.4 Å². The van der Waals surface area contributed by atoms with Gasteiger partial charge in [-0.3, -0.25) is 0 Å². The van der Waals surface area contributed by atoms with Gasteiger partial charge in [0.1, 0.15) is 5.75 Å². The van der Waals surface area contributed by atoms with Crippen molar-refractivity contribution in [1.29, 1.82) is 0 Å². The van der Waals surface area contributed by atoms with Gasteiger partial charge in [-0.25, -0.2) is 0 Å². The molecule has 0 radical (unpaired) electrons. The topological polar surface area (TPSA) is 47.3 Å². The molecule has 0 saturated carbocycles. The maximum atomic E-state index is 6.12. The molecule has 1 heterocycles. The molecule has 22 heavy (non-hydrogen) atoms. The average Bonchev–Trinajstić information content (AvgIpc) is 2.57. The van der Waals surface area contributed by atoms with Gasteiger partial charge in [0.2, 0.25) is 0 Å². The van der Waals surface area contributed by atoms with E-state index in [1.165, 1.54) is 5.57 Å². The molecule has 3 nitrogen and oxygen atoms in total. The van der Waals surface area contributed by atoms with Crippen LogP contribution in [0.4, 0.5) is 5.69 Å².